The monoisotopic (exact) mass is 1540 g/mol. The minimum absolute atomic E-state index is 0.107. The summed E-state index contributed by atoms with van der Waals surface area (Å²) in [4.78, 5) is 73.3. The molecule has 0 saturated carbocycles. The van der Waals surface area contributed by atoms with Crippen molar-refractivity contribution < 1.29 is 80.2 Å². The Balaban J connectivity index is 5.25. The zero-order valence-corrected chi connectivity index (χ0v) is 71.0. The van der Waals surface area contributed by atoms with Crippen LogP contribution in [0.5, 0.6) is 0 Å². The van der Waals surface area contributed by atoms with Crippen molar-refractivity contribution in [3.8, 4) is 0 Å². The Morgan fingerprint density at radius 3 is 0.724 bits per heavy atom. The number of ether oxygens (including phenoxy) is 4. The van der Waals surface area contributed by atoms with Crippen LogP contribution in [0.3, 0.4) is 0 Å². The molecule has 0 bridgehead atoms. The zero-order valence-electron chi connectivity index (χ0n) is 69.2. The topological polar surface area (TPSA) is 237 Å². The Hall–Kier alpha value is -1.94. The van der Waals surface area contributed by atoms with Crippen LogP contribution in [0.15, 0.2) is 0 Å². The van der Waals surface area contributed by atoms with Gasteiger partial charge in [-0.3, -0.25) is 37.3 Å². The number of esters is 4. The molecular formula is C86H168O17P2. The van der Waals surface area contributed by atoms with Gasteiger partial charge in [-0.25, -0.2) is 9.13 Å². The van der Waals surface area contributed by atoms with E-state index in [-0.39, 0.29) is 25.7 Å². The largest absolute Gasteiger partial charge is 0.472 e. The van der Waals surface area contributed by atoms with Crippen molar-refractivity contribution in [3.63, 3.8) is 0 Å². The predicted octanol–water partition coefficient (Wildman–Crippen LogP) is 26.1. The van der Waals surface area contributed by atoms with Gasteiger partial charge >= 0.3 is 39.5 Å². The molecule has 0 heterocycles. The first-order valence-corrected chi connectivity index (χ1v) is 47.4. The maximum absolute atomic E-state index is 13.1. The zero-order chi connectivity index (χ0) is 77.2. The minimum Gasteiger partial charge on any atom is -0.462 e. The Bertz CT molecular complexity index is 2030. The van der Waals surface area contributed by atoms with Gasteiger partial charge in [-0.1, -0.05) is 402 Å². The number of hydrogen-bond donors (Lipinski definition) is 3. The third kappa shape index (κ3) is 78.5. The summed E-state index contributed by atoms with van der Waals surface area (Å²) in [6.45, 7) is 12.0. The lowest BCUT2D eigenvalue weighted by Gasteiger charge is -2.21. The summed E-state index contributed by atoms with van der Waals surface area (Å²) in [7, 11) is -9.93. The van der Waals surface area contributed by atoms with Crippen LogP contribution in [0.25, 0.3) is 0 Å². The summed E-state index contributed by atoms with van der Waals surface area (Å²) in [6, 6.07) is 0. The number of carbonyl (C=O) groups is 4. The molecular weight excluding hydrogens is 1370 g/mol. The SMILES string of the molecule is CCCCCCCCCCCCCCCCCCCC(=O)OC[C@H](COP(=O)(O)OC[C@@H](O)COP(=O)(O)OC[C@@H](COC(=O)CCCCCCCCCCC(C)CC)OC(=O)CCCCCCCCCCCCCCC(C)C)OC(=O)CCCCCCCCCCCCCCCCCCCCC(C)C. The van der Waals surface area contributed by atoms with E-state index in [0.29, 0.717) is 25.7 Å². The molecule has 0 aromatic rings. The second-order valence-corrected chi connectivity index (χ2v) is 35.0. The number of rotatable bonds is 84. The quantitative estimate of drug-likeness (QED) is 0.0222. The molecule has 3 N–H and O–H groups in total. The normalized spacial score (nSPS) is 14.1. The summed E-state index contributed by atoms with van der Waals surface area (Å²) >= 11 is 0. The number of carbonyl (C=O) groups excluding carboxylic acids is 4. The number of hydrogen-bond acceptors (Lipinski definition) is 15. The highest BCUT2D eigenvalue weighted by Crippen LogP contribution is 2.45. The molecule has 19 heteroatoms. The van der Waals surface area contributed by atoms with Crippen molar-refractivity contribution in [2.24, 2.45) is 17.8 Å². The van der Waals surface area contributed by atoms with Gasteiger partial charge in [0.25, 0.3) is 0 Å². The molecule has 0 spiro atoms. The Morgan fingerprint density at radius 1 is 0.276 bits per heavy atom. The molecule has 0 radical (unpaired) electrons. The van der Waals surface area contributed by atoms with Gasteiger partial charge in [0.2, 0.25) is 0 Å². The standard InChI is InChI=1S/C86H168O17P2/c1-8-10-11-12-13-14-15-16-17-20-24-27-33-38-46-53-60-67-83(88)96-73-81(102-85(90)69-62-55-48-39-34-28-25-22-19-18-21-23-26-31-36-43-50-57-64-77(3)4)75-100-104(92,93)98-71-80(87)72-99-105(94,95)101-76-82(74-97-84(89)68-61-54-47-42-41-45-52-59-66-79(7)9-2)103-86(91)70-63-56-49-40-35-30-29-32-37-44-51-58-65-78(5)6/h77-82,87H,8-76H2,1-7H3,(H,92,93)(H,94,95)/t79?,80-,81-,82-/m1/s1. The summed E-state index contributed by atoms with van der Waals surface area (Å²) in [5, 5.41) is 10.7. The van der Waals surface area contributed by atoms with E-state index in [4.69, 9.17) is 37.0 Å². The first kappa shape index (κ1) is 103. The van der Waals surface area contributed by atoms with Crippen LogP contribution >= 0.6 is 15.6 Å². The lowest BCUT2D eigenvalue weighted by atomic mass is 9.99. The van der Waals surface area contributed by atoms with Gasteiger partial charge in [0.1, 0.15) is 19.3 Å². The van der Waals surface area contributed by atoms with Crippen LogP contribution in [-0.4, -0.2) is 96.7 Å². The van der Waals surface area contributed by atoms with Crippen LogP contribution in [-0.2, 0) is 65.4 Å². The second-order valence-electron chi connectivity index (χ2n) is 32.1. The average molecular weight is 1540 g/mol. The smallest absolute Gasteiger partial charge is 0.462 e. The molecule has 3 unspecified atom stereocenters. The highest BCUT2D eigenvalue weighted by atomic mass is 31.2. The van der Waals surface area contributed by atoms with Gasteiger partial charge < -0.3 is 33.8 Å². The van der Waals surface area contributed by atoms with Gasteiger partial charge in [-0.15, -0.1) is 0 Å². The molecule has 0 aliphatic carbocycles. The van der Waals surface area contributed by atoms with E-state index in [1.807, 2.05) is 0 Å². The van der Waals surface area contributed by atoms with E-state index in [1.54, 1.807) is 0 Å². The van der Waals surface area contributed by atoms with Crippen LogP contribution in [0.4, 0.5) is 0 Å². The lowest BCUT2D eigenvalue weighted by molar-refractivity contribution is -0.161. The number of phosphoric acid groups is 2. The van der Waals surface area contributed by atoms with Crippen molar-refractivity contribution in [1.29, 1.82) is 0 Å². The average Bonchev–Trinajstić information content (AvgIpc) is 0.908. The van der Waals surface area contributed by atoms with E-state index in [0.717, 1.165) is 108 Å². The van der Waals surface area contributed by atoms with Crippen molar-refractivity contribution in [2.75, 3.05) is 39.6 Å². The van der Waals surface area contributed by atoms with E-state index in [9.17, 15) is 43.2 Å². The third-order valence-corrected chi connectivity index (χ3v) is 22.4. The summed E-state index contributed by atoms with van der Waals surface area (Å²) in [5.74, 6) is 0.270. The van der Waals surface area contributed by atoms with Crippen LogP contribution in [0.1, 0.15) is 453 Å². The molecule has 17 nitrogen and oxygen atoms in total. The molecule has 0 fully saturated rings. The maximum Gasteiger partial charge on any atom is 0.472 e. The fraction of sp³-hybridized carbons (Fsp3) is 0.953. The van der Waals surface area contributed by atoms with E-state index >= 15 is 0 Å². The Morgan fingerprint density at radius 2 is 0.486 bits per heavy atom. The number of aliphatic hydroxyl groups excluding tert-OH is 1. The third-order valence-electron chi connectivity index (χ3n) is 20.5. The lowest BCUT2D eigenvalue weighted by Crippen LogP contribution is -2.30. The predicted molar refractivity (Wildman–Crippen MR) is 432 cm³/mol. The fourth-order valence-corrected chi connectivity index (χ4v) is 14.9. The maximum atomic E-state index is 13.1. The molecule has 624 valence electrons. The summed E-state index contributed by atoms with van der Waals surface area (Å²) in [6.07, 6.45) is 66.6. The van der Waals surface area contributed by atoms with Crippen LogP contribution in [0, 0.1) is 17.8 Å². The van der Waals surface area contributed by atoms with Crippen LogP contribution in [0.2, 0.25) is 0 Å². The molecule has 0 rings (SSSR count). The van der Waals surface area contributed by atoms with Gasteiger partial charge in [-0.2, -0.15) is 0 Å². The van der Waals surface area contributed by atoms with Gasteiger partial charge in [0.15, 0.2) is 12.2 Å². The first-order valence-electron chi connectivity index (χ1n) is 44.4. The number of phosphoric ester groups is 2. The first-order chi connectivity index (χ1) is 50.8. The van der Waals surface area contributed by atoms with Crippen molar-refractivity contribution in [1.82, 2.24) is 0 Å². The minimum atomic E-state index is -4.97. The Kier molecular flexibility index (Phi) is 74.7. The van der Waals surface area contributed by atoms with Crippen molar-refractivity contribution in [2.45, 2.75) is 471 Å². The summed E-state index contributed by atoms with van der Waals surface area (Å²) in [5.41, 5.74) is 0. The van der Waals surface area contributed by atoms with Gasteiger partial charge in [-0.05, 0) is 43.4 Å². The van der Waals surface area contributed by atoms with Crippen molar-refractivity contribution in [3.05, 3.63) is 0 Å². The number of aliphatic hydroxyl groups is 1. The number of unbranched alkanes of at least 4 members (excludes halogenated alkanes) is 51. The molecule has 0 saturated heterocycles. The molecule has 0 aromatic carbocycles. The highest BCUT2D eigenvalue weighted by molar-refractivity contribution is 7.47. The molecule has 0 aromatic heterocycles. The van der Waals surface area contributed by atoms with Crippen molar-refractivity contribution >= 4 is 39.5 Å². The Labute approximate surface area is 645 Å². The van der Waals surface area contributed by atoms with Crippen LogP contribution < -0.4 is 0 Å². The second kappa shape index (κ2) is 76.1. The fourth-order valence-electron chi connectivity index (χ4n) is 13.3. The van der Waals surface area contributed by atoms with E-state index in [1.165, 1.54) is 263 Å². The van der Waals surface area contributed by atoms with Gasteiger partial charge in [0.05, 0.1) is 26.4 Å². The molecule has 0 aliphatic heterocycles. The van der Waals surface area contributed by atoms with Gasteiger partial charge in [0, 0.05) is 25.7 Å². The van der Waals surface area contributed by atoms with E-state index in [2.05, 4.69) is 48.5 Å². The summed E-state index contributed by atoms with van der Waals surface area (Å²) < 4.78 is 68.9. The highest BCUT2D eigenvalue weighted by Gasteiger charge is 2.30. The molecule has 6 atom stereocenters. The molecule has 0 aliphatic rings. The molecule has 0 amide bonds. The van der Waals surface area contributed by atoms with E-state index < -0.39 is 97.5 Å². The molecule has 105 heavy (non-hydrogen) atoms.